The summed E-state index contributed by atoms with van der Waals surface area (Å²) >= 11 is 0. The van der Waals surface area contributed by atoms with Gasteiger partial charge in [-0.25, -0.2) is 4.98 Å². The number of amides is 2. The van der Waals surface area contributed by atoms with Crippen molar-refractivity contribution in [1.29, 1.82) is 0 Å². The maximum atomic E-state index is 12.1. The van der Waals surface area contributed by atoms with E-state index in [1.165, 1.54) is 0 Å². The molecule has 164 valence electrons. The van der Waals surface area contributed by atoms with Gasteiger partial charge in [0.05, 0.1) is 17.6 Å². The molecule has 2 unspecified atom stereocenters. The second-order valence-electron chi connectivity index (χ2n) is 8.08. The smallest absolute Gasteiger partial charge is 0.269 e. The Bertz CT molecular complexity index is 962. The number of pyridine rings is 1. The molecule has 1 aromatic carbocycles. The molecule has 1 saturated heterocycles. The van der Waals surface area contributed by atoms with E-state index < -0.39 is 6.10 Å². The fourth-order valence-electron chi connectivity index (χ4n) is 4.10. The van der Waals surface area contributed by atoms with Crippen molar-refractivity contribution in [3.8, 4) is 5.75 Å². The average Bonchev–Trinajstić information content (AvgIpc) is 2.79. The highest BCUT2D eigenvalue weighted by Crippen LogP contribution is 2.32. The van der Waals surface area contributed by atoms with Crippen molar-refractivity contribution in [1.82, 2.24) is 15.2 Å². The lowest BCUT2D eigenvalue weighted by atomic mass is 10.1. The molecule has 1 aromatic heterocycles. The lowest BCUT2D eigenvalue weighted by Crippen LogP contribution is -2.51. The van der Waals surface area contributed by atoms with Crippen LogP contribution in [0.2, 0.25) is 0 Å². The highest BCUT2D eigenvalue weighted by molar-refractivity contribution is 5.97. The molecule has 2 atom stereocenters. The molecule has 0 bridgehead atoms. The first-order valence-electron chi connectivity index (χ1n) is 10.8. The summed E-state index contributed by atoms with van der Waals surface area (Å²) in [5.41, 5.74) is 3.35. The molecule has 31 heavy (non-hydrogen) atoms. The quantitative estimate of drug-likeness (QED) is 0.767. The maximum Gasteiger partial charge on any atom is 0.269 e. The summed E-state index contributed by atoms with van der Waals surface area (Å²) in [5.74, 6) is 0.479. The van der Waals surface area contributed by atoms with E-state index in [0.717, 1.165) is 48.9 Å². The Morgan fingerprint density at radius 2 is 2.13 bits per heavy atom. The SMILES string of the molecule is CCC1Oc2ccc(CN3CCN(c4ccc(C(=O)NC)nc4)CC3C)cc2NC1=O. The Hall–Kier alpha value is -3.13. The van der Waals surface area contributed by atoms with Crippen LogP contribution in [-0.4, -0.2) is 60.5 Å². The summed E-state index contributed by atoms with van der Waals surface area (Å²) in [4.78, 5) is 32.8. The van der Waals surface area contributed by atoms with E-state index in [9.17, 15) is 9.59 Å². The number of hydrogen-bond donors (Lipinski definition) is 2. The van der Waals surface area contributed by atoms with Gasteiger partial charge in [-0.1, -0.05) is 13.0 Å². The van der Waals surface area contributed by atoms with E-state index in [0.29, 0.717) is 18.2 Å². The van der Waals surface area contributed by atoms with E-state index >= 15 is 0 Å². The van der Waals surface area contributed by atoms with Gasteiger partial charge in [0.25, 0.3) is 11.8 Å². The number of aromatic nitrogens is 1. The van der Waals surface area contributed by atoms with Gasteiger partial charge in [-0.05, 0) is 43.2 Å². The van der Waals surface area contributed by atoms with Crippen molar-refractivity contribution >= 4 is 23.2 Å². The number of nitrogens with one attached hydrogen (secondary N) is 2. The molecule has 2 aromatic rings. The van der Waals surface area contributed by atoms with Crippen molar-refractivity contribution in [2.24, 2.45) is 0 Å². The second kappa shape index (κ2) is 8.93. The Balaban J connectivity index is 1.38. The summed E-state index contributed by atoms with van der Waals surface area (Å²) in [6.07, 6.45) is 2.01. The first-order valence-corrected chi connectivity index (χ1v) is 10.8. The third kappa shape index (κ3) is 4.49. The molecule has 0 radical (unpaired) electrons. The molecule has 2 aliphatic heterocycles. The van der Waals surface area contributed by atoms with Crippen LogP contribution < -0.4 is 20.3 Å². The highest BCUT2D eigenvalue weighted by Gasteiger charge is 2.27. The van der Waals surface area contributed by atoms with Crippen molar-refractivity contribution < 1.29 is 14.3 Å². The fraction of sp³-hybridized carbons (Fsp3) is 0.435. The third-order valence-electron chi connectivity index (χ3n) is 5.96. The van der Waals surface area contributed by atoms with Crippen molar-refractivity contribution in [2.45, 2.75) is 39.0 Å². The fourth-order valence-corrected chi connectivity index (χ4v) is 4.10. The average molecular weight is 424 g/mol. The molecule has 0 aliphatic carbocycles. The van der Waals surface area contributed by atoms with Crippen LogP contribution in [-0.2, 0) is 11.3 Å². The number of carbonyl (C=O) groups excluding carboxylic acids is 2. The zero-order chi connectivity index (χ0) is 22.0. The van der Waals surface area contributed by atoms with Crippen LogP contribution in [0.4, 0.5) is 11.4 Å². The monoisotopic (exact) mass is 423 g/mol. The summed E-state index contributed by atoms with van der Waals surface area (Å²) in [6.45, 7) is 7.64. The predicted molar refractivity (Wildman–Crippen MR) is 119 cm³/mol. The predicted octanol–water partition coefficient (Wildman–Crippen LogP) is 2.26. The van der Waals surface area contributed by atoms with E-state index in [-0.39, 0.29) is 11.8 Å². The van der Waals surface area contributed by atoms with Gasteiger partial charge in [-0.15, -0.1) is 0 Å². The molecule has 8 nitrogen and oxygen atoms in total. The first kappa shape index (κ1) is 21.1. The van der Waals surface area contributed by atoms with Crippen LogP contribution in [0.5, 0.6) is 5.75 Å². The minimum Gasteiger partial charge on any atom is -0.478 e. The van der Waals surface area contributed by atoms with Crippen LogP contribution in [0, 0.1) is 0 Å². The second-order valence-corrected chi connectivity index (χ2v) is 8.08. The van der Waals surface area contributed by atoms with E-state index in [1.807, 2.05) is 25.1 Å². The number of fused-ring (bicyclic) bond motifs is 1. The normalized spacial score (nSPS) is 21.1. The maximum absolute atomic E-state index is 12.1. The number of carbonyl (C=O) groups is 2. The van der Waals surface area contributed by atoms with Crippen molar-refractivity contribution in [3.05, 3.63) is 47.8 Å². The van der Waals surface area contributed by atoms with Gasteiger partial charge in [0.2, 0.25) is 0 Å². The van der Waals surface area contributed by atoms with Crippen LogP contribution >= 0.6 is 0 Å². The number of hydrogen-bond acceptors (Lipinski definition) is 6. The third-order valence-corrected chi connectivity index (χ3v) is 5.96. The molecule has 2 aliphatic rings. The number of nitrogens with zero attached hydrogens (tertiary/aromatic N) is 3. The number of benzene rings is 1. The van der Waals surface area contributed by atoms with Crippen LogP contribution in [0.1, 0.15) is 36.3 Å². The number of piperazine rings is 1. The summed E-state index contributed by atoms with van der Waals surface area (Å²) in [5, 5.41) is 5.56. The molecule has 0 spiro atoms. The van der Waals surface area contributed by atoms with Gasteiger partial charge in [0, 0.05) is 39.3 Å². The van der Waals surface area contributed by atoms with Gasteiger partial charge in [0.15, 0.2) is 6.10 Å². The van der Waals surface area contributed by atoms with Gasteiger partial charge in [0.1, 0.15) is 11.4 Å². The van der Waals surface area contributed by atoms with Gasteiger partial charge >= 0.3 is 0 Å². The summed E-state index contributed by atoms with van der Waals surface area (Å²) < 4.78 is 5.79. The van der Waals surface area contributed by atoms with E-state index in [2.05, 4.69) is 38.4 Å². The zero-order valence-corrected chi connectivity index (χ0v) is 18.2. The van der Waals surface area contributed by atoms with Crippen LogP contribution in [0.15, 0.2) is 36.5 Å². The lowest BCUT2D eigenvalue weighted by Gasteiger charge is -2.41. The Morgan fingerprint density at radius 1 is 1.29 bits per heavy atom. The molecule has 4 rings (SSSR count). The largest absolute Gasteiger partial charge is 0.478 e. The van der Waals surface area contributed by atoms with Gasteiger partial charge < -0.3 is 20.3 Å². The van der Waals surface area contributed by atoms with Crippen LogP contribution in [0.25, 0.3) is 0 Å². The van der Waals surface area contributed by atoms with Crippen molar-refractivity contribution in [3.63, 3.8) is 0 Å². The number of rotatable bonds is 5. The van der Waals surface area contributed by atoms with Crippen LogP contribution in [0.3, 0.4) is 0 Å². The molecule has 1 fully saturated rings. The Labute approximate surface area is 182 Å². The minimum atomic E-state index is -0.411. The summed E-state index contributed by atoms with van der Waals surface area (Å²) in [6, 6.07) is 10.1. The van der Waals surface area contributed by atoms with Crippen molar-refractivity contribution in [2.75, 3.05) is 36.9 Å². The molecule has 8 heteroatoms. The first-order chi connectivity index (χ1) is 15.0. The lowest BCUT2D eigenvalue weighted by molar-refractivity contribution is -0.123. The molecule has 3 heterocycles. The summed E-state index contributed by atoms with van der Waals surface area (Å²) in [7, 11) is 1.60. The molecule has 0 saturated carbocycles. The van der Waals surface area contributed by atoms with E-state index in [1.54, 1.807) is 19.3 Å². The molecule has 2 N–H and O–H groups in total. The molecule has 2 amide bonds. The minimum absolute atomic E-state index is 0.0785. The standard InChI is InChI=1S/C23H29N5O3/c1-4-20-23(30)26-19-11-16(5-8-21(19)31-20)14-27-9-10-28(13-15(27)2)17-6-7-18(25-12-17)22(29)24-3/h5-8,11-12,15,20H,4,9-10,13-14H2,1-3H3,(H,24,29)(H,26,30). The zero-order valence-electron chi connectivity index (χ0n) is 18.2. The highest BCUT2D eigenvalue weighted by atomic mass is 16.5. The van der Waals surface area contributed by atoms with Gasteiger partial charge in [-0.2, -0.15) is 0 Å². The Kier molecular flexibility index (Phi) is 6.08. The van der Waals surface area contributed by atoms with E-state index in [4.69, 9.17) is 4.74 Å². The number of anilines is 2. The molecular weight excluding hydrogens is 394 g/mol. The number of ether oxygens (including phenoxy) is 1. The van der Waals surface area contributed by atoms with Gasteiger partial charge in [-0.3, -0.25) is 14.5 Å². The Morgan fingerprint density at radius 3 is 2.81 bits per heavy atom. The molecular formula is C23H29N5O3. The topological polar surface area (TPSA) is 86.8 Å².